The lowest BCUT2D eigenvalue weighted by Gasteiger charge is -2.11. The van der Waals surface area contributed by atoms with Gasteiger partial charge in [-0.1, -0.05) is 18.3 Å². The van der Waals surface area contributed by atoms with E-state index in [0.717, 1.165) is 0 Å². The number of ether oxygens (including phenoxy) is 2. The molecule has 6 nitrogen and oxygen atoms in total. The number of carboxylic acids is 1. The highest BCUT2D eigenvalue weighted by atomic mass is 32.1. The summed E-state index contributed by atoms with van der Waals surface area (Å²) < 4.78 is 10.5. The van der Waals surface area contributed by atoms with Crippen molar-refractivity contribution in [1.82, 2.24) is 0 Å². The number of nitrogens with two attached hydrogens (primary N) is 1. The highest BCUT2D eigenvalue weighted by molar-refractivity contribution is 7.80. The third-order valence-electron chi connectivity index (χ3n) is 2.32. The van der Waals surface area contributed by atoms with E-state index in [9.17, 15) is 4.79 Å². The highest BCUT2D eigenvalue weighted by Gasteiger charge is 2.09. The van der Waals surface area contributed by atoms with Gasteiger partial charge >= 0.3 is 5.97 Å². The maximum Gasteiger partial charge on any atom is 0.341 e. The minimum Gasteiger partial charge on any atom is -0.490 e. The SMILES string of the molecule is CCOc1cc(/C=C(\C#N)C(N)=S)ccc1OCC(=O)O. The van der Waals surface area contributed by atoms with Crippen LogP contribution in [0.15, 0.2) is 23.8 Å². The van der Waals surface area contributed by atoms with Gasteiger partial charge in [-0.15, -0.1) is 0 Å². The van der Waals surface area contributed by atoms with E-state index in [0.29, 0.717) is 23.7 Å². The first-order valence-corrected chi connectivity index (χ1v) is 6.41. The number of hydrogen-bond acceptors (Lipinski definition) is 5. The van der Waals surface area contributed by atoms with Crippen molar-refractivity contribution >= 4 is 29.3 Å². The molecule has 3 N–H and O–H groups in total. The monoisotopic (exact) mass is 306 g/mol. The van der Waals surface area contributed by atoms with E-state index < -0.39 is 12.6 Å². The van der Waals surface area contributed by atoms with Crippen LogP contribution in [-0.2, 0) is 4.79 Å². The maximum absolute atomic E-state index is 10.5. The normalized spacial score (nSPS) is 10.6. The zero-order valence-electron chi connectivity index (χ0n) is 11.3. The first-order valence-electron chi connectivity index (χ1n) is 6.01. The molecule has 0 aromatic heterocycles. The molecular weight excluding hydrogens is 292 g/mol. The lowest BCUT2D eigenvalue weighted by molar-refractivity contribution is -0.139. The summed E-state index contributed by atoms with van der Waals surface area (Å²) in [4.78, 5) is 10.5. The molecule has 1 aromatic rings. The number of carbonyl (C=O) groups is 1. The van der Waals surface area contributed by atoms with E-state index in [1.54, 1.807) is 25.1 Å². The Hall–Kier alpha value is -2.59. The van der Waals surface area contributed by atoms with Crippen molar-refractivity contribution in [3.63, 3.8) is 0 Å². The summed E-state index contributed by atoms with van der Waals surface area (Å²) in [5.74, 6) is -0.389. The average Bonchev–Trinajstić information content (AvgIpc) is 2.43. The van der Waals surface area contributed by atoms with Crippen LogP contribution in [0.25, 0.3) is 6.08 Å². The maximum atomic E-state index is 10.5. The predicted octanol–water partition coefficient (Wildman–Crippen LogP) is 1.74. The van der Waals surface area contributed by atoms with Gasteiger partial charge in [0.05, 0.1) is 12.2 Å². The number of aliphatic carboxylic acids is 1. The van der Waals surface area contributed by atoms with E-state index in [1.165, 1.54) is 6.08 Å². The number of carboxylic acid groups (broad SMARTS) is 1. The van der Waals surface area contributed by atoms with Crippen LogP contribution in [0.2, 0.25) is 0 Å². The summed E-state index contributed by atoms with van der Waals surface area (Å²) in [5, 5.41) is 17.5. The third-order valence-corrected chi connectivity index (χ3v) is 2.54. The Morgan fingerprint density at radius 2 is 2.19 bits per heavy atom. The van der Waals surface area contributed by atoms with E-state index in [4.69, 9.17) is 37.8 Å². The van der Waals surface area contributed by atoms with Gasteiger partial charge in [0, 0.05) is 0 Å². The van der Waals surface area contributed by atoms with Crippen LogP contribution in [0, 0.1) is 11.3 Å². The Morgan fingerprint density at radius 1 is 1.48 bits per heavy atom. The van der Waals surface area contributed by atoms with Crippen LogP contribution in [0.4, 0.5) is 0 Å². The molecule has 0 saturated heterocycles. The van der Waals surface area contributed by atoms with Gasteiger partial charge in [-0.05, 0) is 30.7 Å². The summed E-state index contributed by atoms with van der Waals surface area (Å²) in [6.45, 7) is 1.71. The molecule has 0 atom stereocenters. The lowest BCUT2D eigenvalue weighted by atomic mass is 10.1. The number of rotatable bonds is 7. The molecule has 1 aromatic carbocycles. The molecule has 0 aliphatic rings. The number of nitrogens with zero attached hydrogens (tertiary/aromatic N) is 1. The van der Waals surface area contributed by atoms with Gasteiger partial charge in [0.25, 0.3) is 0 Å². The standard InChI is InChI=1S/C14H14N2O4S/c1-2-19-12-6-9(5-10(7-15)14(16)21)3-4-11(12)20-8-13(17)18/h3-6H,2,8H2,1H3,(H2,16,21)(H,17,18)/b10-5+. The first kappa shape index (κ1) is 16.5. The third kappa shape index (κ3) is 5.12. The van der Waals surface area contributed by atoms with Crippen LogP contribution >= 0.6 is 12.2 Å². The van der Waals surface area contributed by atoms with Gasteiger partial charge < -0.3 is 20.3 Å². The summed E-state index contributed by atoms with van der Waals surface area (Å²) in [7, 11) is 0. The molecular formula is C14H14N2O4S. The molecule has 0 fully saturated rings. The molecule has 21 heavy (non-hydrogen) atoms. The molecule has 0 spiro atoms. The van der Waals surface area contributed by atoms with Crippen molar-refractivity contribution in [2.45, 2.75) is 6.92 Å². The summed E-state index contributed by atoms with van der Waals surface area (Å²) >= 11 is 4.76. The second kappa shape index (κ2) is 7.87. The van der Waals surface area contributed by atoms with Crippen LogP contribution in [0.5, 0.6) is 11.5 Å². The van der Waals surface area contributed by atoms with Crippen LogP contribution < -0.4 is 15.2 Å². The zero-order valence-corrected chi connectivity index (χ0v) is 12.1. The Kier molecular flexibility index (Phi) is 6.17. The van der Waals surface area contributed by atoms with Crippen LogP contribution in [-0.4, -0.2) is 29.3 Å². The lowest BCUT2D eigenvalue weighted by Crippen LogP contribution is -2.10. The van der Waals surface area contributed by atoms with Gasteiger partial charge in [-0.25, -0.2) is 4.79 Å². The fourth-order valence-corrected chi connectivity index (χ4v) is 1.57. The van der Waals surface area contributed by atoms with Crippen molar-refractivity contribution in [1.29, 1.82) is 5.26 Å². The van der Waals surface area contributed by atoms with E-state index in [2.05, 4.69) is 0 Å². The van der Waals surface area contributed by atoms with Gasteiger partial charge in [0.2, 0.25) is 0 Å². The van der Waals surface area contributed by atoms with Crippen molar-refractivity contribution in [2.24, 2.45) is 5.73 Å². The molecule has 0 aliphatic carbocycles. The summed E-state index contributed by atoms with van der Waals surface area (Å²) in [6, 6.07) is 6.73. The van der Waals surface area contributed by atoms with E-state index in [-0.39, 0.29) is 10.6 Å². The summed E-state index contributed by atoms with van der Waals surface area (Å²) in [6.07, 6.45) is 1.52. The molecule has 0 amide bonds. The molecule has 0 bridgehead atoms. The smallest absolute Gasteiger partial charge is 0.341 e. The molecule has 0 saturated carbocycles. The second-order valence-electron chi connectivity index (χ2n) is 3.86. The largest absolute Gasteiger partial charge is 0.490 e. The topological polar surface area (TPSA) is 106 Å². The number of hydrogen-bond donors (Lipinski definition) is 2. The fourth-order valence-electron chi connectivity index (χ4n) is 1.47. The molecule has 1 rings (SSSR count). The minimum atomic E-state index is -1.08. The van der Waals surface area contributed by atoms with E-state index >= 15 is 0 Å². The summed E-state index contributed by atoms with van der Waals surface area (Å²) in [5.41, 5.74) is 6.24. The molecule has 7 heteroatoms. The zero-order chi connectivity index (χ0) is 15.8. The number of nitriles is 1. The van der Waals surface area contributed by atoms with Crippen molar-refractivity contribution in [3.05, 3.63) is 29.3 Å². The highest BCUT2D eigenvalue weighted by Crippen LogP contribution is 2.29. The van der Waals surface area contributed by atoms with Gasteiger partial charge in [-0.2, -0.15) is 5.26 Å². The number of thiocarbonyl (C=S) groups is 1. The van der Waals surface area contributed by atoms with E-state index in [1.807, 2.05) is 6.07 Å². The molecule has 0 heterocycles. The fraction of sp³-hybridized carbons (Fsp3) is 0.214. The van der Waals surface area contributed by atoms with Crippen molar-refractivity contribution in [3.8, 4) is 17.6 Å². The van der Waals surface area contributed by atoms with Crippen molar-refractivity contribution in [2.75, 3.05) is 13.2 Å². The minimum absolute atomic E-state index is 0.00154. The average molecular weight is 306 g/mol. The van der Waals surface area contributed by atoms with Crippen LogP contribution in [0.1, 0.15) is 12.5 Å². The second-order valence-corrected chi connectivity index (χ2v) is 4.30. The quantitative estimate of drug-likeness (QED) is 0.449. The Labute approximate surface area is 127 Å². The predicted molar refractivity (Wildman–Crippen MR) is 81.1 cm³/mol. The Morgan fingerprint density at radius 3 is 2.71 bits per heavy atom. The Bertz CT molecular complexity index is 620. The Balaban J connectivity index is 3.10. The van der Waals surface area contributed by atoms with Gasteiger partial charge in [0.1, 0.15) is 11.1 Å². The van der Waals surface area contributed by atoms with Crippen LogP contribution in [0.3, 0.4) is 0 Å². The first-order chi connectivity index (χ1) is 9.97. The molecule has 0 radical (unpaired) electrons. The number of benzene rings is 1. The molecule has 110 valence electrons. The van der Waals surface area contributed by atoms with Crippen molar-refractivity contribution < 1.29 is 19.4 Å². The van der Waals surface area contributed by atoms with Gasteiger partial charge in [-0.3, -0.25) is 0 Å². The molecule has 0 unspecified atom stereocenters. The van der Waals surface area contributed by atoms with Gasteiger partial charge in [0.15, 0.2) is 18.1 Å². The molecule has 0 aliphatic heterocycles.